The van der Waals surface area contributed by atoms with Crippen molar-refractivity contribution in [2.75, 3.05) is 11.1 Å². The lowest BCUT2D eigenvalue weighted by Gasteiger charge is -2.35. The highest BCUT2D eigenvalue weighted by atomic mass is 16.1. The summed E-state index contributed by atoms with van der Waals surface area (Å²) in [5, 5.41) is 3.52. The van der Waals surface area contributed by atoms with Crippen LogP contribution in [0.3, 0.4) is 0 Å². The molecule has 4 heteroatoms. The van der Waals surface area contributed by atoms with Crippen molar-refractivity contribution < 1.29 is 4.79 Å². The van der Waals surface area contributed by atoms with Gasteiger partial charge in [0.1, 0.15) is 0 Å². The number of nitrogens with two attached hydrogens (primary N) is 2. The lowest BCUT2D eigenvalue weighted by atomic mass is 9.83. The standard InChI is InChI=1S/C14H21N3O/c1-14(7-3-2-4-8-14)17-10-5-6-12(15)11(9-10)13(16)18/h5-6,9,17H,2-4,7-8,15H2,1H3,(H2,16,18). The Balaban J connectivity index is 2.18. The molecule has 1 aliphatic rings. The van der Waals surface area contributed by atoms with Crippen LogP contribution in [0.4, 0.5) is 11.4 Å². The number of benzene rings is 1. The molecule has 1 saturated carbocycles. The Morgan fingerprint density at radius 3 is 2.56 bits per heavy atom. The quantitative estimate of drug-likeness (QED) is 0.718. The van der Waals surface area contributed by atoms with Crippen molar-refractivity contribution in [2.45, 2.75) is 44.6 Å². The summed E-state index contributed by atoms with van der Waals surface area (Å²) >= 11 is 0. The summed E-state index contributed by atoms with van der Waals surface area (Å²) in [4.78, 5) is 11.3. The molecule has 0 radical (unpaired) electrons. The van der Waals surface area contributed by atoms with Gasteiger partial charge < -0.3 is 16.8 Å². The van der Waals surface area contributed by atoms with E-state index in [0.717, 1.165) is 18.5 Å². The molecular weight excluding hydrogens is 226 g/mol. The first-order chi connectivity index (χ1) is 8.50. The van der Waals surface area contributed by atoms with Crippen LogP contribution in [0.2, 0.25) is 0 Å². The van der Waals surface area contributed by atoms with Gasteiger partial charge in [0, 0.05) is 16.9 Å². The molecular formula is C14H21N3O. The monoisotopic (exact) mass is 247 g/mol. The van der Waals surface area contributed by atoms with Gasteiger partial charge in [0.15, 0.2) is 0 Å². The summed E-state index contributed by atoms with van der Waals surface area (Å²) in [5.74, 6) is -0.482. The molecule has 0 heterocycles. The molecule has 2 rings (SSSR count). The fourth-order valence-corrected chi connectivity index (χ4v) is 2.65. The van der Waals surface area contributed by atoms with Gasteiger partial charge in [-0.25, -0.2) is 0 Å². The van der Waals surface area contributed by atoms with Crippen LogP contribution in [-0.4, -0.2) is 11.4 Å². The molecule has 18 heavy (non-hydrogen) atoms. The summed E-state index contributed by atoms with van der Waals surface area (Å²) in [5.41, 5.74) is 12.9. The number of hydrogen-bond donors (Lipinski definition) is 3. The lowest BCUT2D eigenvalue weighted by Crippen LogP contribution is -2.36. The van der Waals surface area contributed by atoms with Gasteiger partial charge in [-0.3, -0.25) is 4.79 Å². The van der Waals surface area contributed by atoms with Crippen LogP contribution in [-0.2, 0) is 0 Å². The van der Waals surface area contributed by atoms with E-state index in [9.17, 15) is 4.79 Å². The molecule has 0 spiro atoms. The van der Waals surface area contributed by atoms with Crippen LogP contribution in [0.1, 0.15) is 49.4 Å². The van der Waals surface area contributed by atoms with Gasteiger partial charge in [-0.15, -0.1) is 0 Å². The second-order valence-electron chi connectivity index (χ2n) is 5.41. The maximum Gasteiger partial charge on any atom is 0.250 e. The third kappa shape index (κ3) is 2.75. The molecule has 1 fully saturated rings. The Bertz CT molecular complexity index is 450. The number of carbonyl (C=O) groups excluding carboxylic acids is 1. The highest BCUT2D eigenvalue weighted by Gasteiger charge is 2.26. The summed E-state index contributed by atoms with van der Waals surface area (Å²) in [7, 11) is 0. The summed E-state index contributed by atoms with van der Waals surface area (Å²) in [6.45, 7) is 2.23. The number of nitrogen functional groups attached to an aromatic ring is 1. The van der Waals surface area contributed by atoms with E-state index in [1.54, 1.807) is 12.1 Å². The Morgan fingerprint density at radius 2 is 1.94 bits per heavy atom. The van der Waals surface area contributed by atoms with E-state index < -0.39 is 5.91 Å². The molecule has 0 unspecified atom stereocenters. The van der Waals surface area contributed by atoms with Crippen molar-refractivity contribution in [1.82, 2.24) is 0 Å². The molecule has 0 aliphatic heterocycles. The van der Waals surface area contributed by atoms with Crippen LogP contribution in [0.5, 0.6) is 0 Å². The molecule has 0 aromatic heterocycles. The molecule has 0 atom stereocenters. The van der Waals surface area contributed by atoms with Crippen LogP contribution < -0.4 is 16.8 Å². The number of rotatable bonds is 3. The largest absolute Gasteiger partial charge is 0.398 e. The van der Waals surface area contributed by atoms with Gasteiger partial charge in [0.2, 0.25) is 0 Å². The molecule has 4 nitrogen and oxygen atoms in total. The number of anilines is 2. The van der Waals surface area contributed by atoms with Crippen molar-refractivity contribution in [3.05, 3.63) is 23.8 Å². The third-order valence-electron chi connectivity index (χ3n) is 3.72. The van der Waals surface area contributed by atoms with E-state index in [4.69, 9.17) is 11.5 Å². The Labute approximate surface area is 108 Å². The first-order valence-electron chi connectivity index (χ1n) is 6.48. The summed E-state index contributed by atoms with van der Waals surface area (Å²) in [6.07, 6.45) is 6.13. The van der Waals surface area contributed by atoms with Gasteiger partial charge in [0.25, 0.3) is 5.91 Å². The number of carbonyl (C=O) groups is 1. The van der Waals surface area contributed by atoms with Crippen LogP contribution in [0.15, 0.2) is 18.2 Å². The fourth-order valence-electron chi connectivity index (χ4n) is 2.65. The SMILES string of the molecule is CC1(Nc2ccc(N)c(C(N)=O)c2)CCCCC1. The zero-order chi connectivity index (χ0) is 13.2. The minimum absolute atomic E-state index is 0.114. The van der Waals surface area contributed by atoms with Crippen LogP contribution in [0.25, 0.3) is 0 Å². The van der Waals surface area contributed by atoms with Gasteiger partial charge in [0.05, 0.1) is 5.56 Å². The van der Waals surface area contributed by atoms with E-state index >= 15 is 0 Å². The number of nitrogens with one attached hydrogen (secondary N) is 1. The molecule has 5 N–H and O–H groups in total. The second kappa shape index (κ2) is 4.88. The van der Waals surface area contributed by atoms with E-state index in [1.165, 1.54) is 19.3 Å². The topological polar surface area (TPSA) is 81.1 Å². The predicted molar refractivity (Wildman–Crippen MR) is 74.5 cm³/mol. The molecule has 1 aromatic rings. The van der Waals surface area contributed by atoms with E-state index in [0.29, 0.717) is 11.3 Å². The molecule has 1 amide bonds. The second-order valence-corrected chi connectivity index (χ2v) is 5.41. The highest BCUT2D eigenvalue weighted by molar-refractivity contribution is 5.98. The van der Waals surface area contributed by atoms with Crippen molar-refractivity contribution in [3.63, 3.8) is 0 Å². The van der Waals surface area contributed by atoms with Gasteiger partial charge >= 0.3 is 0 Å². The van der Waals surface area contributed by atoms with Crippen molar-refractivity contribution >= 4 is 17.3 Å². The third-order valence-corrected chi connectivity index (χ3v) is 3.72. The zero-order valence-electron chi connectivity index (χ0n) is 10.8. The Morgan fingerprint density at radius 1 is 1.28 bits per heavy atom. The number of hydrogen-bond acceptors (Lipinski definition) is 3. The van der Waals surface area contributed by atoms with Gasteiger partial charge in [-0.2, -0.15) is 0 Å². The Kier molecular flexibility index (Phi) is 3.45. The first kappa shape index (κ1) is 12.7. The van der Waals surface area contributed by atoms with Crippen molar-refractivity contribution in [2.24, 2.45) is 5.73 Å². The van der Waals surface area contributed by atoms with Crippen LogP contribution in [0, 0.1) is 0 Å². The maximum atomic E-state index is 11.3. The van der Waals surface area contributed by atoms with E-state index in [1.807, 2.05) is 6.07 Å². The van der Waals surface area contributed by atoms with Crippen molar-refractivity contribution in [1.29, 1.82) is 0 Å². The fraction of sp³-hybridized carbons (Fsp3) is 0.500. The first-order valence-corrected chi connectivity index (χ1v) is 6.48. The van der Waals surface area contributed by atoms with Crippen LogP contribution >= 0.6 is 0 Å². The molecule has 1 aromatic carbocycles. The molecule has 98 valence electrons. The minimum Gasteiger partial charge on any atom is -0.398 e. The predicted octanol–water partition coefficient (Wildman–Crippen LogP) is 2.50. The van der Waals surface area contributed by atoms with Crippen molar-refractivity contribution in [3.8, 4) is 0 Å². The van der Waals surface area contributed by atoms with Gasteiger partial charge in [-0.05, 0) is 38.0 Å². The maximum absolute atomic E-state index is 11.3. The Hall–Kier alpha value is -1.71. The van der Waals surface area contributed by atoms with Gasteiger partial charge in [-0.1, -0.05) is 19.3 Å². The smallest absolute Gasteiger partial charge is 0.250 e. The summed E-state index contributed by atoms with van der Waals surface area (Å²) in [6, 6.07) is 5.38. The molecule has 0 saturated heterocycles. The number of amides is 1. The van der Waals surface area contributed by atoms with E-state index in [-0.39, 0.29) is 5.54 Å². The molecule has 1 aliphatic carbocycles. The minimum atomic E-state index is -0.482. The molecule has 0 bridgehead atoms. The number of primary amides is 1. The normalized spacial score (nSPS) is 18.3. The lowest BCUT2D eigenvalue weighted by molar-refractivity contribution is 0.100. The van der Waals surface area contributed by atoms with E-state index in [2.05, 4.69) is 12.2 Å². The zero-order valence-corrected chi connectivity index (χ0v) is 10.8. The highest BCUT2D eigenvalue weighted by Crippen LogP contribution is 2.31. The average Bonchev–Trinajstić information content (AvgIpc) is 2.32. The summed E-state index contributed by atoms with van der Waals surface area (Å²) < 4.78 is 0. The average molecular weight is 247 g/mol.